The SMILES string of the molecule is O=C(CCCn1cnc2ccccc2c1=O)Nc1nc2c(s1)CN(Cc1ccccc1)CC2. The van der Waals surface area contributed by atoms with Gasteiger partial charge < -0.3 is 5.32 Å². The summed E-state index contributed by atoms with van der Waals surface area (Å²) in [7, 11) is 0. The van der Waals surface area contributed by atoms with Crippen molar-refractivity contribution in [2.24, 2.45) is 0 Å². The maximum atomic E-state index is 12.6. The van der Waals surface area contributed by atoms with Crippen LogP contribution in [0.3, 0.4) is 0 Å². The molecule has 0 fully saturated rings. The number of nitrogens with one attached hydrogen (secondary N) is 1. The molecule has 0 aliphatic carbocycles. The minimum absolute atomic E-state index is 0.0753. The molecule has 0 unspecified atom stereocenters. The molecular formula is C25H25N5O2S. The Balaban J connectivity index is 1.14. The van der Waals surface area contributed by atoms with Crippen LogP contribution in [-0.4, -0.2) is 31.9 Å². The average Bonchev–Trinajstić information content (AvgIpc) is 3.23. The van der Waals surface area contributed by atoms with Crippen LogP contribution < -0.4 is 10.9 Å². The fraction of sp³-hybridized carbons (Fsp3) is 0.280. The first-order valence-electron chi connectivity index (χ1n) is 11.1. The Labute approximate surface area is 195 Å². The van der Waals surface area contributed by atoms with Crippen molar-refractivity contribution in [2.45, 2.75) is 38.9 Å². The van der Waals surface area contributed by atoms with Crippen LogP contribution in [0.15, 0.2) is 65.7 Å². The highest BCUT2D eigenvalue weighted by molar-refractivity contribution is 7.15. The molecule has 4 aromatic rings. The fourth-order valence-corrected chi connectivity index (χ4v) is 5.20. The smallest absolute Gasteiger partial charge is 0.261 e. The molecule has 3 heterocycles. The first kappa shape index (κ1) is 21.5. The summed E-state index contributed by atoms with van der Waals surface area (Å²) in [6.07, 6.45) is 3.33. The van der Waals surface area contributed by atoms with Crippen LogP contribution in [0.4, 0.5) is 5.13 Å². The zero-order valence-electron chi connectivity index (χ0n) is 18.2. The van der Waals surface area contributed by atoms with Gasteiger partial charge in [0.05, 0.1) is 22.9 Å². The monoisotopic (exact) mass is 459 g/mol. The van der Waals surface area contributed by atoms with E-state index in [4.69, 9.17) is 0 Å². The summed E-state index contributed by atoms with van der Waals surface area (Å²) in [5.41, 5.74) is 3.01. The number of anilines is 1. The lowest BCUT2D eigenvalue weighted by Gasteiger charge is -2.25. The molecule has 2 aromatic carbocycles. The van der Waals surface area contributed by atoms with E-state index in [-0.39, 0.29) is 11.5 Å². The number of thiazole rings is 1. The standard InChI is InChI=1S/C25H25N5O2S/c31-23(11-6-13-30-17-26-20-10-5-4-9-19(20)24(30)32)28-25-27-21-12-14-29(16-22(21)33-25)15-18-7-2-1-3-8-18/h1-5,7-10,17H,6,11-16H2,(H,27,28,31). The number of benzene rings is 2. The number of carbonyl (C=O) groups is 1. The van der Waals surface area contributed by atoms with Crippen molar-refractivity contribution < 1.29 is 4.79 Å². The second-order valence-corrected chi connectivity index (χ2v) is 9.33. The van der Waals surface area contributed by atoms with Gasteiger partial charge in [0.1, 0.15) is 0 Å². The molecule has 8 heteroatoms. The number of aryl methyl sites for hydroxylation is 1. The van der Waals surface area contributed by atoms with Crippen LogP contribution in [0.5, 0.6) is 0 Å². The number of nitrogens with zero attached hydrogens (tertiary/aromatic N) is 4. The van der Waals surface area contributed by atoms with E-state index in [0.717, 1.165) is 31.7 Å². The van der Waals surface area contributed by atoms with Crippen LogP contribution in [0.1, 0.15) is 29.0 Å². The molecule has 5 rings (SSSR count). The maximum Gasteiger partial charge on any atom is 0.261 e. The Morgan fingerprint density at radius 2 is 1.91 bits per heavy atom. The summed E-state index contributed by atoms with van der Waals surface area (Å²) in [5, 5.41) is 4.20. The number of rotatable bonds is 7. The Hall–Kier alpha value is -3.36. The Bertz CT molecular complexity index is 1330. The van der Waals surface area contributed by atoms with Gasteiger partial charge in [0.25, 0.3) is 5.56 Å². The van der Waals surface area contributed by atoms with E-state index < -0.39 is 0 Å². The van der Waals surface area contributed by atoms with Crippen molar-refractivity contribution in [2.75, 3.05) is 11.9 Å². The predicted octanol–water partition coefficient (Wildman–Crippen LogP) is 3.83. The van der Waals surface area contributed by atoms with E-state index >= 15 is 0 Å². The predicted molar refractivity (Wildman–Crippen MR) is 130 cm³/mol. The van der Waals surface area contributed by atoms with Gasteiger partial charge in [-0.25, -0.2) is 9.97 Å². The molecule has 1 amide bonds. The van der Waals surface area contributed by atoms with Gasteiger partial charge in [-0.1, -0.05) is 42.5 Å². The number of fused-ring (bicyclic) bond motifs is 2. The molecule has 0 bridgehead atoms. The number of hydrogen-bond donors (Lipinski definition) is 1. The minimum Gasteiger partial charge on any atom is -0.302 e. The third kappa shape index (κ3) is 5.02. The van der Waals surface area contributed by atoms with Crippen molar-refractivity contribution in [3.63, 3.8) is 0 Å². The highest BCUT2D eigenvalue weighted by Crippen LogP contribution is 2.29. The lowest BCUT2D eigenvalue weighted by molar-refractivity contribution is -0.116. The Morgan fingerprint density at radius 1 is 1.09 bits per heavy atom. The van der Waals surface area contributed by atoms with Crippen molar-refractivity contribution >= 4 is 33.3 Å². The summed E-state index contributed by atoms with van der Waals surface area (Å²) in [4.78, 5) is 37.6. The highest BCUT2D eigenvalue weighted by Gasteiger charge is 2.21. The van der Waals surface area contributed by atoms with Crippen molar-refractivity contribution in [1.29, 1.82) is 0 Å². The van der Waals surface area contributed by atoms with Gasteiger partial charge in [0.15, 0.2) is 5.13 Å². The molecular weight excluding hydrogens is 434 g/mol. The normalized spacial score (nSPS) is 13.7. The summed E-state index contributed by atoms with van der Waals surface area (Å²) < 4.78 is 1.57. The Morgan fingerprint density at radius 3 is 2.79 bits per heavy atom. The van der Waals surface area contributed by atoms with E-state index in [1.807, 2.05) is 24.3 Å². The molecule has 0 saturated heterocycles. The second-order valence-electron chi connectivity index (χ2n) is 8.25. The van der Waals surface area contributed by atoms with E-state index in [1.54, 1.807) is 28.3 Å². The quantitative estimate of drug-likeness (QED) is 0.454. The molecule has 1 N–H and O–H groups in total. The lowest BCUT2D eigenvalue weighted by atomic mass is 10.1. The molecule has 2 aromatic heterocycles. The van der Waals surface area contributed by atoms with Gasteiger partial charge in [-0.05, 0) is 24.1 Å². The molecule has 7 nitrogen and oxygen atoms in total. The van der Waals surface area contributed by atoms with E-state index in [1.165, 1.54) is 10.4 Å². The van der Waals surface area contributed by atoms with Gasteiger partial charge in [-0.15, -0.1) is 11.3 Å². The van der Waals surface area contributed by atoms with Gasteiger partial charge >= 0.3 is 0 Å². The fourth-order valence-electron chi connectivity index (χ4n) is 4.14. The summed E-state index contributed by atoms with van der Waals surface area (Å²) >= 11 is 1.56. The van der Waals surface area contributed by atoms with Crippen molar-refractivity contribution in [3.05, 3.63) is 87.4 Å². The number of aromatic nitrogens is 3. The van der Waals surface area contributed by atoms with Gasteiger partial charge in [-0.2, -0.15) is 0 Å². The van der Waals surface area contributed by atoms with Gasteiger partial charge in [-0.3, -0.25) is 19.1 Å². The molecule has 168 valence electrons. The van der Waals surface area contributed by atoms with E-state index in [2.05, 4.69) is 44.5 Å². The molecule has 0 spiro atoms. The minimum atomic E-state index is -0.0796. The van der Waals surface area contributed by atoms with Crippen LogP contribution in [0, 0.1) is 0 Å². The third-order valence-corrected chi connectivity index (χ3v) is 6.84. The van der Waals surface area contributed by atoms with Crippen LogP contribution in [0.2, 0.25) is 0 Å². The van der Waals surface area contributed by atoms with Crippen molar-refractivity contribution in [1.82, 2.24) is 19.4 Å². The maximum absolute atomic E-state index is 12.6. The summed E-state index contributed by atoms with van der Waals surface area (Å²) in [5.74, 6) is -0.0796. The van der Waals surface area contributed by atoms with Crippen LogP contribution in [-0.2, 0) is 30.8 Å². The number of carbonyl (C=O) groups excluding carboxylic acids is 1. The highest BCUT2D eigenvalue weighted by atomic mass is 32.1. The van der Waals surface area contributed by atoms with Crippen LogP contribution >= 0.6 is 11.3 Å². The number of hydrogen-bond acceptors (Lipinski definition) is 6. The zero-order valence-corrected chi connectivity index (χ0v) is 19.1. The van der Waals surface area contributed by atoms with Gasteiger partial charge in [0, 0.05) is 43.9 Å². The Kier molecular flexibility index (Phi) is 6.28. The van der Waals surface area contributed by atoms with Crippen LogP contribution in [0.25, 0.3) is 10.9 Å². The van der Waals surface area contributed by atoms with Crippen molar-refractivity contribution in [3.8, 4) is 0 Å². The molecule has 0 saturated carbocycles. The largest absolute Gasteiger partial charge is 0.302 e. The second kappa shape index (κ2) is 9.64. The summed E-state index contributed by atoms with van der Waals surface area (Å²) in [6, 6.07) is 17.8. The molecule has 1 aliphatic rings. The number of para-hydroxylation sites is 1. The molecule has 1 aliphatic heterocycles. The molecule has 0 atom stereocenters. The topological polar surface area (TPSA) is 80.1 Å². The molecule has 33 heavy (non-hydrogen) atoms. The van der Waals surface area contributed by atoms with Gasteiger partial charge in [0.2, 0.25) is 5.91 Å². The number of amides is 1. The van der Waals surface area contributed by atoms with E-state index in [9.17, 15) is 9.59 Å². The first-order chi connectivity index (χ1) is 16.2. The third-order valence-electron chi connectivity index (χ3n) is 5.84. The first-order valence-corrected chi connectivity index (χ1v) is 12.0. The summed E-state index contributed by atoms with van der Waals surface area (Å²) in [6.45, 7) is 3.19. The zero-order chi connectivity index (χ0) is 22.6. The lowest BCUT2D eigenvalue weighted by Crippen LogP contribution is -2.29. The molecule has 0 radical (unpaired) electrons. The average molecular weight is 460 g/mol. The van der Waals surface area contributed by atoms with E-state index in [0.29, 0.717) is 35.4 Å².